The minimum atomic E-state index is -1.12. The summed E-state index contributed by atoms with van der Waals surface area (Å²) in [7, 11) is 1.20. The number of ether oxygens (including phenoxy) is 1. The first-order valence-corrected chi connectivity index (χ1v) is 4.93. The number of halogens is 1. The van der Waals surface area contributed by atoms with Crippen LogP contribution < -0.4 is 0 Å². The minimum absolute atomic E-state index is 0.0359. The van der Waals surface area contributed by atoms with Gasteiger partial charge in [0, 0.05) is 18.9 Å². The number of amides is 1. The van der Waals surface area contributed by atoms with Gasteiger partial charge >= 0.3 is 5.97 Å². The third-order valence-electron chi connectivity index (χ3n) is 2.25. The predicted octanol–water partition coefficient (Wildman–Crippen LogP) is 0.304. The predicted molar refractivity (Wildman–Crippen MR) is 52.2 cm³/mol. The number of alkyl halides is 1. The van der Waals surface area contributed by atoms with Gasteiger partial charge in [-0.25, -0.2) is 4.79 Å². The van der Waals surface area contributed by atoms with E-state index in [1.54, 1.807) is 0 Å². The number of hydrogen-bond acceptors (Lipinski definition) is 4. The quantitative estimate of drug-likeness (QED) is 0.303. The maximum absolute atomic E-state index is 11.2. The Morgan fingerprint density at radius 2 is 2.27 bits per heavy atom. The Morgan fingerprint density at radius 1 is 1.67 bits per heavy atom. The average Bonchev–Trinajstić information content (AvgIpc) is 2.14. The molecule has 0 aromatic rings. The van der Waals surface area contributed by atoms with Crippen LogP contribution >= 0.6 is 11.6 Å². The van der Waals surface area contributed by atoms with E-state index in [1.807, 2.05) is 0 Å². The summed E-state index contributed by atoms with van der Waals surface area (Å²) < 4.78 is 4.42. The summed E-state index contributed by atoms with van der Waals surface area (Å²) in [5.74, 6) is -0.948. The minimum Gasteiger partial charge on any atom is -0.467 e. The highest BCUT2D eigenvalue weighted by atomic mass is 35.5. The normalized spacial score (nSPS) is 21.9. The van der Waals surface area contributed by atoms with E-state index in [2.05, 4.69) is 4.74 Å². The lowest BCUT2D eigenvalue weighted by atomic mass is 9.97. The maximum Gasteiger partial charge on any atom is 0.344 e. The number of likely N-dealkylation sites (tertiary alicyclic amines) is 1. The Balaban J connectivity index is 2.62. The lowest BCUT2D eigenvalue weighted by Crippen LogP contribution is -2.58. The number of nitrogens with zero attached hydrogens (tertiary/aromatic N) is 1. The highest BCUT2D eigenvalue weighted by Crippen LogP contribution is 2.27. The number of Topliss-reactive ketones (excluding diaryl/α,β-unsaturated/α-hetero) is 1. The average molecular weight is 234 g/mol. The summed E-state index contributed by atoms with van der Waals surface area (Å²) in [5.41, 5.74) is -1.12. The van der Waals surface area contributed by atoms with Gasteiger partial charge in [-0.3, -0.25) is 9.59 Å². The molecular weight excluding hydrogens is 222 g/mol. The van der Waals surface area contributed by atoms with Crippen molar-refractivity contribution >= 4 is 29.3 Å². The number of esters is 1. The molecule has 0 radical (unpaired) electrons. The third-order valence-corrected chi connectivity index (χ3v) is 2.64. The molecule has 1 aliphatic heterocycles. The molecule has 1 unspecified atom stereocenters. The molecule has 1 fully saturated rings. The van der Waals surface area contributed by atoms with Crippen LogP contribution in [0.15, 0.2) is 0 Å². The van der Waals surface area contributed by atoms with Crippen molar-refractivity contribution in [2.24, 2.45) is 0 Å². The number of carbonyl (C=O) groups is 3. The molecule has 1 saturated heterocycles. The Bertz CT molecular complexity index is 304. The van der Waals surface area contributed by atoms with E-state index in [0.717, 1.165) is 0 Å². The smallest absolute Gasteiger partial charge is 0.344 e. The molecule has 84 valence electrons. The van der Waals surface area contributed by atoms with E-state index in [1.165, 1.54) is 18.9 Å². The van der Waals surface area contributed by atoms with Crippen LogP contribution in [-0.4, -0.2) is 41.2 Å². The van der Waals surface area contributed by atoms with Crippen LogP contribution in [-0.2, 0) is 19.1 Å². The first kappa shape index (κ1) is 12.0. The molecule has 0 aromatic carbocycles. The highest BCUT2D eigenvalue weighted by molar-refractivity contribution is 6.30. The number of carbonyl (C=O) groups excluding carboxylic acids is 3. The largest absolute Gasteiger partial charge is 0.467 e. The van der Waals surface area contributed by atoms with Gasteiger partial charge in [0.15, 0.2) is 0 Å². The van der Waals surface area contributed by atoms with Crippen molar-refractivity contribution in [1.82, 2.24) is 4.90 Å². The van der Waals surface area contributed by atoms with Crippen molar-refractivity contribution in [1.29, 1.82) is 0 Å². The van der Waals surface area contributed by atoms with Gasteiger partial charge in [-0.2, -0.15) is 0 Å². The first-order chi connectivity index (χ1) is 6.97. The third kappa shape index (κ3) is 2.47. The molecule has 5 nitrogen and oxygen atoms in total. The molecule has 15 heavy (non-hydrogen) atoms. The van der Waals surface area contributed by atoms with Crippen LogP contribution in [0.3, 0.4) is 0 Å². The number of rotatable bonds is 4. The molecule has 1 heterocycles. The van der Waals surface area contributed by atoms with E-state index in [0.29, 0.717) is 0 Å². The standard InChI is InChI=1S/C9H12ClNO4/c1-5(12)3-6-4-7(13)11(6)8(10)9(14)15-2/h6,8H,3-4H2,1-2H3/t6-,8?/m1/s1. The number of ketones is 1. The summed E-state index contributed by atoms with van der Waals surface area (Å²) in [6, 6.07) is -0.267. The van der Waals surface area contributed by atoms with E-state index < -0.39 is 11.5 Å². The zero-order valence-corrected chi connectivity index (χ0v) is 9.28. The second-order valence-corrected chi connectivity index (χ2v) is 3.84. The van der Waals surface area contributed by atoms with Gasteiger partial charge in [-0.15, -0.1) is 0 Å². The second-order valence-electron chi connectivity index (χ2n) is 3.42. The van der Waals surface area contributed by atoms with Crippen LogP contribution in [0, 0.1) is 0 Å². The molecule has 1 aliphatic rings. The molecule has 0 aromatic heterocycles. The van der Waals surface area contributed by atoms with Gasteiger partial charge in [-0.05, 0) is 6.92 Å². The summed E-state index contributed by atoms with van der Waals surface area (Å²) >= 11 is 5.73. The van der Waals surface area contributed by atoms with Gasteiger partial charge in [-0.1, -0.05) is 11.6 Å². The topological polar surface area (TPSA) is 63.7 Å². The summed E-state index contributed by atoms with van der Waals surface area (Å²) in [6.07, 6.45) is 0.492. The van der Waals surface area contributed by atoms with Crippen molar-refractivity contribution in [2.75, 3.05) is 7.11 Å². The molecule has 0 saturated carbocycles. The Kier molecular flexibility index (Phi) is 3.68. The maximum atomic E-state index is 11.2. The van der Waals surface area contributed by atoms with Gasteiger partial charge in [0.2, 0.25) is 11.4 Å². The van der Waals surface area contributed by atoms with Gasteiger partial charge < -0.3 is 9.64 Å². The van der Waals surface area contributed by atoms with Gasteiger partial charge in [0.25, 0.3) is 0 Å². The van der Waals surface area contributed by atoms with Crippen molar-refractivity contribution in [3.05, 3.63) is 0 Å². The number of β-lactam (4-membered cyclic amide) rings is 1. The Hall–Kier alpha value is -1.10. The fraction of sp³-hybridized carbons (Fsp3) is 0.667. The number of hydrogen-bond donors (Lipinski definition) is 0. The van der Waals surface area contributed by atoms with Crippen LogP contribution in [0.2, 0.25) is 0 Å². The monoisotopic (exact) mass is 233 g/mol. The lowest BCUT2D eigenvalue weighted by molar-refractivity contribution is -0.159. The molecule has 1 amide bonds. The fourth-order valence-electron chi connectivity index (χ4n) is 1.52. The van der Waals surface area contributed by atoms with Crippen molar-refractivity contribution < 1.29 is 19.1 Å². The van der Waals surface area contributed by atoms with Crippen LogP contribution in [0.4, 0.5) is 0 Å². The van der Waals surface area contributed by atoms with Gasteiger partial charge in [0.1, 0.15) is 5.78 Å². The SMILES string of the molecule is COC(=O)C(Cl)N1C(=O)C[C@H]1CC(C)=O. The Labute approximate surface area is 92.3 Å². The zero-order chi connectivity index (χ0) is 11.6. The van der Waals surface area contributed by atoms with Crippen LogP contribution in [0.1, 0.15) is 19.8 Å². The van der Waals surface area contributed by atoms with E-state index in [4.69, 9.17) is 11.6 Å². The van der Waals surface area contributed by atoms with E-state index >= 15 is 0 Å². The fourth-order valence-corrected chi connectivity index (χ4v) is 1.88. The molecule has 0 bridgehead atoms. The molecule has 1 rings (SSSR count). The molecule has 0 aliphatic carbocycles. The molecule has 0 N–H and O–H groups in total. The van der Waals surface area contributed by atoms with Gasteiger partial charge in [0.05, 0.1) is 7.11 Å². The second kappa shape index (κ2) is 4.61. The van der Waals surface area contributed by atoms with E-state index in [9.17, 15) is 14.4 Å². The van der Waals surface area contributed by atoms with Crippen molar-refractivity contribution in [3.8, 4) is 0 Å². The molecule has 0 spiro atoms. The first-order valence-electron chi connectivity index (χ1n) is 4.50. The van der Waals surface area contributed by atoms with Crippen molar-refractivity contribution in [2.45, 2.75) is 31.3 Å². The van der Waals surface area contributed by atoms with Crippen molar-refractivity contribution in [3.63, 3.8) is 0 Å². The summed E-state index contributed by atoms with van der Waals surface area (Å²) in [6.45, 7) is 1.43. The molecule has 6 heteroatoms. The molecule has 2 atom stereocenters. The van der Waals surface area contributed by atoms with Crippen LogP contribution in [0.25, 0.3) is 0 Å². The lowest BCUT2D eigenvalue weighted by Gasteiger charge is -2.41. The Morgan fingerprint density at radius 3 is 2.67 bits per heavy atom. The molecular formula is C9H12ClNO4. The summed E-state index contributed by atoms with van der Waals surface area (Å²) in [5, 5.41) is 0. The number of methoxy groups -OCH3 is 1. The van der Waals surface area contributed by atoms with Crippen LogP contribution in [0.5, 0.6) is 0 Å². The highest BCUT2D eigenvalue weighted by Gasteiger charge is 2.43. The zero-order valence-electron chi connectivity index (χ0n) is 8.53. The van der Waals surface area contributed by atoms with E-state index in [-0.39, 0.29) is 30.6 Å². The summed E-state index contributed by atoms with van der Waals surface area (Å²) in [4.78, 5) is 34.3.